The Morgan fingerprint density at radius 3 is 1.38 bits per heavy atom. The van der Waals surface area contributed by atoms with Crippen LogP contribution < -0.4 is 21.3 Å². The molecule has 0 unspecified atom stereocenters. The van der Waals surface area contributed by atoms with Gasteiger partial charge in [-0.3, -0.25) is 24.0 Å². The lowest BCUT2D eigenvalue weighted by Crippen LogP contribution is -2.21. The molecular weight excluding hydrogens is 416 g/mol. The summed E-state index contributed by atoms with van der Waals surface area (Å²) >= 11 is 0. The van der Waals surface area contributed by atoms with E-state index in [4.69, 9.17) is 4.74 Å². The van der Waals surface area contributed by atoms with E-state index in [1.807, 2.05) is 0 Å². The number of amides is 4. The predicted molar refractivity (Wildman–Crippen MR) is 119 cm³/mol. The van der Waals surface area contributed by atoms with Crippen LogP contribution in [-0.2, 0) is 28.7 Å². The maximum absolute atomic E-state index is 12.0. The summed E-state index contributed by atoms with van der Waals surface area (Å²) in [6.07, 6.45) is -0.299. The van der Waals surface area contributed by atoms with Crippen molar-refractivity contribution in [2.75, 3.05) is 27.9 Å². The number of esters is 1. The summed E-state index contributed by atoms with van der Waals surface area (Å²) in [5.74, 6) is -2.01. The van der Waals surface area contributed by atoms with E-state index in [0.717, 1.165) is 0 Å². The summed E-state index contributed by atoms with van der Waals surface area (Å²) in [5, 5.41) is 10.4. The van der Waals surface area contributed by atoms with Crippen LogP contribution in [0, 0.1) is 0 Å². The predicted octanol–water partition coefficient (Wildman–Crippen LogP) is 2.50. The second kappa shape index (κ2) is 11.8. The summed E-state index contributed by atoms with van der Waals surface area (Å²) < 4.78 is 4.88. The Balaban J connectivity index is 1.67. The Morgan fingerprint density at radius 1 is 0.594 bits per heavy atom. The lowest BCUT2D eigenvalue weighted by atomic mass is 10.2. The zero-order valence-electron chi connectivity index (χ0n) is 17.7. The average Bonchev–Trinajstić information content (AvgIpc) is 2.73. The summed E-state index contributed by atoms with van der Waals surface area (Å²) in [6.45, 7) is 2.30. The highest BCUT2D eigenvalue weighted by molar-refractivity contribution is 5.95. The van der Waals surface area contributed by atoms with Gasteiger partial charge in [0.2, 0.25) is 17.7 Å². The third-order valence-corrected chi connectivity index (χ3v) is 3.90. The molecule has 4 amide bonds. The van der Waals surface area contributed by atoms with Crippen molar-refractivity contribution in [1.29, 1.82) is 0 Å². The van der Waals surface area contributed by atoms with Crippen LogP contribution >= 0.6 is 0 Å². The van der Waals surface area contributed by atoms with E-state index >= 15 is 0 Å². The van der Waals surface area contributed by atoms with Crippen LogP contribution in [-0.4, -0.2) is 36.2 Å². The first-order chi connectivity index (χ1) is 15.2. The molecule has 0 radical (unpaired) electrons. The highest BCUT2D eigenvalue weighted by Crippen LogP contribution is 2.15. The number of anilines is 4. The van der Waals surface area contributed by atoms with Crippen LogP contribution in [0.5, 0.6) is 0 Å². The van der Waals surface area contributed by atoms with Crippen molar-refractivity contribution in [3.63, 3.8) is 0 Å². The Hall–Kier alpha value is -4.21. The van der Waals surface area contributed by atoms with Crippen molar-refractivity contribution in [2.45, 2.75) is 26.7 Å². The fourth-order valence-corrected chi connectivity index (χ4v) is 2.53. The maximum atomic E-state index is 12.0. The minimum Gasteiger partial charge on any atom is -0.456 e. The zero-order chi connectivity index (χ0) is 23.5. The van der Waals surface area contributed by atoms with Crippen molar-refractivity contribution < 1.29 is 28.7 Å². The average molecular weight is 440 g/mol. The topological polar surface area (TPSA) is 143 Å². The van der Waals surface area contributed by atoms with Gasteiger partial charge in [0.25, 0.3) is 5.91 Å². The minimum absolute atomic E-state index is 0.113. The van der Waals surface area contributed by atoms with Gasteiger partial charge >= 0.3 is 5.97 Å². The summed E-state index contributed by atoms with van der Waals surface area (Å²) in [7, 11) is 0. The summed E-state index contributed by atoms with van der Waals surface area (Å²) in [5.41, 5.74) is 2.18. The molecule has 0 aromatic heterocycles. The van der Waals surface area contributed by atoms with Crippen LogP contribution in [0.25, 0.3) is 0 Å². The highest BCUT2D eigenvalue weighted by Gasteiger charge is 2.11. The van der Waals surface area contributed by atoms with Crippen molar-refractivity contribution in [2.24, 2.45) is 0 Å². The number of nitrogens with one attached hydrogen (secondary N) is 4. The molecule has 4 N–H and O–H groups in total. The van der Waals surface area contributed by atoms with Crippen LogP contribution in [0.4, 0.5) is 22.7 Å². The Kier molecular flexibility index (Phi) is 8.91. The van der Waals surface area contributed by atoms with E-state index < -0.39 is 24.4 Å². The Bertz CT molecular complexity index is 907. The maximum Gasteiger partial charge on any atom is 0.306 e. The number of benzene rings is 2. The van der Waals surface area contributed by atoms with Gasteiger partial charge in [0.1, 0.15) is 0 Å². The van der Waals surface area contributed by atoms with Gasteiger partial charge in [-0.2, -0.15) is 0 Å². The number of carbonyl (C=O) groups is 5. The molecule has 0 bridgehead atoms. The van der Waals surface area contributed by atoms with Gasteiger partial charge in [-0.1, -0.05) is 0 Å². The molecule has 0 aliphatic heterocycles. The second-order valence-electron chi connectivity index (χ2n) is 6.77. The molecule has 10 heteroatoms. The molecule has 0 heterocycles. The molecule has 2 aromatic carbocycles. The van der Waals surface area contributed by atoms with Crippen molar-refractivity contribution >= 4 is 52.3 Å². The van der Waals surface area contributed by atoms with Gasteiger partial charge in [-0.05, 0) is 48.5 Å². The van der Waals surface area contributed by atoms with E-state index in [0.29, 0.717) is 22.7 Å². The van der Waals surface area contributed by atoms with Crippen LogP contribution in [0.3, 0.4) is 0 Å². The van der Waals surface area contributed by atoms with Gasteiger partial charge < -0.3 is 26.0 Å². The summed E-state index contributed by atoms with van der Waals surface area (Å²) in [4.78, 5) is 57.6. The third kappa shape index (κ3) is 9.08. The molecule has 0 aliphatic carbocycles. The quantitative estimate of drug-likeness (QED) is 0.441. The summed E-state index contributed by atoms with van der Waals surface area (Å²) in [6, 6.07) is 12.9. The zero-order valence-corrected chi connectivity index (χ0v) is 17.7. The Labute approximate surface area is 184 Å². The molecule has 0 aliphatic rings. The van der Waals surface area contributed by atoms with E-state index in [1.165, 1.54) is 13.8 Å². The van der Waals surface area contributed by atoms with Crippen LogP contribution in [0.1, 0.15) is 26.7 Å². The van der Waals surface area contributed by atoms with Gasteiger partial charge in [0.15, 0.2) is 6.61 Å². The van der Waals surface area contributed by atoms with E-state index in [-0.39, 0.29) is 24.7 Å². The largest absolute Gasteiger partial charge is 0.456 e. The van der Waals surface area contributed by atoms with Gasteiger partial charge in [-0.15, -0.1) is 0 Å². The molecule has 32 heavy (non-hydrogen) atoms. The van der Waals surface area contributed by atoms with E-state index in [9.17, 15) is 24.0 Å². The third-order valence-electron chi connectivity index (χ3n) is 3.90. The fourth-order valence-electron chi connectivity index (χ4n) is 2.53. The van der Waals surface area contributed by atoms with E-state index in [2.05, 4.69) is 21.3 Å². The Morgan fingerprint density at radius 2 is 0.969 bits per heavy atom. The molecule has 0 fully saturated rings. The smallest absolute Gasteiger partial charge is 0.306 e. The molecule has 10 nitrogen and oxygen atoms in total. The number of hydrogen-bond acceptors (Lipinski definition) is 6. The van der Waals surface area contributed by atoms with Crippen LogP contribution in [0.15, 0.2) is 48.5 Å². The number of carbonyl (C=O) groups excluding carboxylic acids is 5. The van der Waals surface area contributed by atoms with Gasteiger partial charge in [-0.25, -0.2) is 0 Å². The van der Waals surface area contributed by atoms with E-state index in [1.54, 1.807) is 48.5 Å². The van der Waals surface area contributed by atoms with Crippen molar-refractivity contribution in [3.05, 3.63) is 48.5 Å². The first-order valence-electron chi connectivity index (χ1n) is 9.72. The normalized spacial score (nSPS) is 9.94. The number of ether oxygens (including phenoxy) is 1. The lowest BCUT2D eigenvalue weighted by molar-refractivity contribution is -0.147. The second-order valence-corrected chi connectivity index (χ2v) is 6.77. The molecule has 0 saturated heterocycles. The molecule has 0 atom stereocenters. The van der Waals surface area contributed by atoms with Crippen molar-refractivity contribution in [1.82, 2.24) is 0 Å². The minimum atomic E-state index is -0.683. The number of rotatable bonds is 9. The molecule has 2 aromatic rings. The first kappa shape index (κ1) is 24.1. The van der Waals surface area contributed by atoms with Crippen molar-refractivity contribution in [3.8, 4) is 0 Å². The molecular formula is C22H24N4O6. The first-order valence-corrected chi connectivity index (χ1v) is 9.72. The van der Waals surface area contributed by atoms with Gasteiger partial charge in [0, 0.05) is 43.0 Å². The monoisotopic (exact) mass is 440 g/mol. The molecule has 168 valence electrons. The lowest BCUT2D eigenvalue weighted by Gasteiger charge is -2.08. The standard InChI is InChI=1S/C22H24N4O6/c1-14(27)23-16-3-7-18(8-4-16)25-20(29)11-12-22(31)32-13-21(30)26-19-9-5-17(6-10-19)24-15(2)28/h3-10H,11-13H2,1-2H3,(H,23,27)(H,24,28)(H,25,29)(H,26,30). The SMILES string of the molecule is CC(=O)Nc1ccc(NC(=O)CCC(=O)OCC(=O)Nc2ccc(NC(C)=O)cc2)cc1. The van der Waals surface area contributed by atoms with Gasteiger partial charge in [0.05, 0.1) is 6.42 Å². The molecule has 0 spiro atoms. The fraction of sp³-hybridized carbons (Fsp3) is 0.227. The highest BCUT2D eigenvalue weighted by atomic mass is 16.5. The van der Waals surface area contributed by atoms with Crippen LogP contribution in [0.2, 0.25) is 0 Å². The molecule has 2 rings (SSSR count). The number of hydrogen-bond donors (Lipinski definition) is 4. The molecule has 0 saturated carbocycles.